The van der Waals surface area contributed by atoms with Crippen molar-refractivity contribution >= 4 is 38.7 Å². The highest BCUT2D eigenvalue weighted by molar-refractivity contribution is 7.22. The van der Waals surface area contributed by atoms with Crippen molar-refractivity contribution in [3.63, 3.8) is 0 Å². The van der Waals surface area contributed by atoms with E-state index in [-0.39, 0.29) is 12.7 Å². The van der Waals surface area contributed by atoms with Crippen LogP contribution >= 0.6 is 11.3 Å². The van der Waals surface area contributed by atoms with Gasteiger partial charge in [-0.2, -0.15) is 0 Å². The van der Waals surface area contributed by atoms with Gasteiger partial charge in [-0.05, 0) is 54.3 Å². The summed E-state index contributed by atoms with van der Waals surface area (Å²) in [6.07, 6.45) is 10.6. The second-order valence-corrected chi connectivity index (χ2v) is 8.75. The maximum absolute atomic E-state index is 13.3. The molecule has 0 saturated heterocycles. The van der Waals surface area contributed by atoms with Crippen molar-refractivity contribution < 1.29 is 14.3 Å². The molecule has 1 amide bonds. The molecule has 2 aromatic heterocycles. The number of ether oxygens (including phenoxy) is 2. The van der Waals surface area contributed by atoms with Gasteiger partial charge in [-0.25, -0.2) is 9.97 Å². The fourth-order valence-corrected chi connectivity index (χ4v) is 4.76. The van der Waals surface area contributed by atoms with E-state index in [1.807, 2.05) is 35.0 Å². The Balaban J connectivity index is 1.38. The van der Waals surface area contributed by atoms with Crippen molar-refractivity contribution in [2.75, 3.05) is 18.2 Å². The maximum Gasteiger partial charge on any atom is 0.252 e. The van der Waals surface area contributed by atoms with Crippen LogP contribution in [0, 0.1) is 0 Å². The van der Waals surface area contributed by atoms with Gasteiger partial charge in [0.2, 0.25) is 6.79 Å². The lowest BCUT2D eigenvalue weighted by Gasteiger charge is -2.18. The molecule has 2 aromatic carbocycles. The van der Waals surface area contributed by atoms with Crippen molar-refractivity contribution in [2.45, 2.75) is 26.3 Å². The number of carbonyl (C=O) groups is 1. The van der Waals surface area contributed by atoms with Crippen LogP contribution in [0.15, 0.2) is 61.2 Å². The topological polar surface area (TPSA) is 69.5 Å². The maximum atomic E-state index is 13.3. The summed E-state index contributed by atoms with van der Waals surface area (Å²) in [7, 11) is 0. The van der Waals surface area contributed by atoms with Crippen LogP contribution in [0.25, 0.3) is 16.3 Å². The number of benzene rings is 2. The van der Waals surface area contributed by atoms with E-state index in [0.29, 0.717) is 17.4 Å². The average Bonchev–Trinajstić information content (AvgIpc) is 3.59. The summed E-state index contributed by atoms with van der Waals surface area (Å²) >= 11 is 1.55. The number of rotatable bonds is 8. The summed E-state index contributed by atoms with van der Waals surface area (Å²) in [5.74, 6) is 1.31. The van der Waals surface area contributed by atoms with Gasteiger partial charge in [0.1, 0.15) is 0 Å². The number of aryl methyl sites for hydroxylation is 2. The second kappa shape index (κ2) is 9.46. The Morgan fingerprint density at radius 2 is 2.12 bits per heavy atom. The minimum absolute atomic E-state index is 0.104. The predicted molar refractivity (Wildman–Crippen MR) is 130 cm³/mol. The first-order valence-corrected chi connectivity index (χ1v) is 11.8. The van der Waals surface area contributed by atoms with Crippen molar-refractivity contribution in [1.29, 1.82) is 0 Å². The number of hydrogen-bond acceptors (Lipinski definition) is 6. The molecule has 0 atom stereocenters. The molecule has 0 bridgehead atoms. The molecule has 5 rings (SSSR count). The van der Waals surface area contributed by atoms with Crippen LogP contribution in [-0.2, 0) is 17.8 Å². The molecule has 4 aromatic rings. The van der Waals surface area contributed by atoms with E-state index in [2.05, 4.69) is 24.0 Å². The fourth-order valence-electron chi connectivity index (χ4n) is 3.70. The number of amides is 1. The molecule has 168 valence electrons. The summed E-state index contributed by atoms with van der Waals surface area (Å²) in [6.45, 7) is 3.70. The van der Waals surface area contributed by atoms with Crippen molar-refractivity contribution in [3.8, 4) is 11.5 Å². The number of anilines is 1. The second-order valence-electron chi connectivity index (χ2n) is 7.74. The summed E-state index contributed by atoms with van der Waals surface area (Å²) in [5, 5.41) is 0.712. The third-order valence-corrected chi connectivity index (χ3v) is 6.56. The van der Waals surface area contributed by atoms with E-state index in [9.17, 15) is 4.79 Å². The molecule has 33 heavy (non-hydrogen) atoms. The Morgan fingerprint density at radius 1 is 1.21 bits per heavy atom. The van der Waals surface area contributed by atoms with Gasteiger partial charge >= 0.3 is 0 Å². The third kappa shape index (κ3) is 4.75. The first kappa shape index (κ1) is 21.2. The first-order chi connectivity index (χ1) is 16.2. The van der Waals surface area contributed by atoms with Gasteiger partial charge in [-0.1, -0.05) is 30.4 Å². The van der Waals surface area contributed by atoms with Crippen LogP contribution in [0.1, 0.15) is 24.5 Å². The van der Waals surface area contributed by atoms with E-state index in [1.165, 1.54) is 5.56 Å². The normalized spacial score (nSPS) is 12.6. The van der Waals surface area contributed by atoms with E-state index in [4.69, 9.17) is 14.5 Å². The van der Waals surface area contributed by atoms with Gasteiger partial charge in [0.25, 0.3) is 5.91 Å². The molecule has 8 heteroatoms. The number of imidazole rings is 1. The first-order valence-electron chi connectivity index (χ1n) is 10.9. The largest absolute Gasteiger partial charge is 0.454 e. The molecule has 0 fully saturated rings. The summed E-state index contributed by atoms with van der Waals surface area (Å²) in [5.41, 5.74) is 3.06. The lowest BCUT2D eigenvalue weighted by Crippen LogP contribution is -2.30. The van der Waals surface area contributed by atoms with Gasteiger partial charge in [-0.15, -0.1) is 0 Å². The molecule has 0 saturated carbocycles. The lowest BCUT2D eigenvalue weighted by atomic mass is 10.2. The number of fused-ring (bicyclic) bond motifs is 2. The summed E-state index contributed by atoms with van der Waals surface area (Å²) < 4.78 is 13.9. The minimum Gasteiger partial charge on any atom is -0.454 e. The third-order valence-electron chi connectivity index (χ3n) is 5.52. The Bertz CT molecular complexity index is 1300. The predicted octanol–water partition coefficient (Wildman–Crippen LogP) is 4.92. The molecular weight excluding hydrogens is 436 g/mol. The fraction of sp³-hybridized carbons (Fsp3) is 0.240. The van der Waals surface area contributed by atoms with Crippen LogP contribution in [0.2, 0.25) is 0 Å². The van der Waals surface area contributed by atoms with E-state index in [1.54, 1.807) is 40.9 Å². The van der Waals surface area contributed by atoms with Gasteiger partial charge in [0.05, 0.1) is 16.5 Å². The highest BCUT2D eigenvalue weighted by Crippen LogP contribution is 2.33. The minimum atomic E-state index is -0.104. The van der Waals surface area contributed by atoms with Crippen molar-refractivity contribution in [2.24, 2.45) is 0 Å². The van der Waals surface area contributed by atoms with E-state index in [0.717, 1.165) is 40.9 Å². The Kier molecular flexibility index (Phi) is 6.08. The molecule has 0 unspecified atom stereocenters. The molecule has 1 aliphatic rings. The zero-order chi connectivity index (χ0) is 22.6. The van der Waals surface area contributed by atoms with E-state index >= 15 is 0 Å². The SMILES string of the molecule is CCc1ccc2nc(N(CCCn3ccnc3)C(=O)/C=C/c3ccc4c(c3)OCO4)sc2c1. The Hall–Kier alpha value is -3.65. The summed E-state index contributed by atoms with van der Waals surface area (Å²) in [6, 6.07) is 11.9. The zero-order valence-electron chi connectivity index (χ0n) is 18.3. The molecule has 7 nitrogen and oxygen atoms in total. The quantitative estimate of drug-likeness (QED) is 0.349. The molecular formula is C25H24N4O3S. The highest BCUT2D eigenvalue weighted by atomic mass is 32.1. The number of nitrogens with zero attached hydrogens (tertiary/aromatic N) is 4. The average molecular weight is 461 g/mol. The Labute approximate surface area is 195 Å². The molecule has 0 N–H and O–H groups in total. The molecule has 3 heterocycles. The van der Waals surface area contributed by atoms with Crippen LogP contribution < -0.4 is 14.4 Å². The standard InChI is InChI=1S/C25H24N4O3S/c1-2-18-4-7-20-23(15-18)33-25(27-20)29(12-3-11-28-13-10-26-16-28)24(30)9-6-19-5-8-21-22(14-19)32-17-31-21/h4-10,13-16H,2-3,11-12,17H2,1H3/b9-6+. The highest BCUT2D eigenvalue weighted by Gasteiger charge is 2.18. The number of carbonyl (C=O) groups excluding carboxylic acids is 1. The van der Waals surface area contributed by atoms with Crippen LogP contribution in [-0.4, -0.2) is 33.8 Å². The Morgan fingerprint density at radius 3 is 2.97 bits per heavy atom. The number of hydrogen-bond donors (Lipinski definition) is 0. The molecule has 0 aliphatic carbocycles. The van der Waals surface area contributed by atoms with Crippen LogP contribution in [0.3, 0.4) is 0 Å². The van der Waals surface area contributed by atoms with E-state index < -0.39 is 0 Å². The monoisotopic (exact) mass is 460 g/mol. The van der Waals surface area contributed by atoms with Crippen molar-refractivity contribution in [3.05, 3.63) is 72.3 Å². The number of thiazole rings is 1. The van der Waals surface area contributed by atoms with Crippen LogP contribution in [0.4, 0.5) is 5.13 Å². The van der Waals surface area contributed by atoms with Gasteiger partial charge < -0.3 is 14.0 Å². The molecule has 0 radical (unpaired) electrons. The van der Waals surface area contributed by atoms with Crippen molar-refractivity contribution in [1.82, 2.24) is 14.5 Å². The van der Waals surface area contributed by atoms with Gasteiger partial charge in [0.15, 0.2) is 16.6 Å². The smallest absolute Gasteiger partial charge is 0.252 e. The molecule has 0 spiro atoms. The lowest BCUT2D eigenvalue weighted by molar-refractivity contribution is -0.114. The number of aromatic nitrogens is 3. The van der Waals surface area contributed by atoms with Gasteiger partial charge in [0, 0.05) is 31.6 Å². The zero-order valence-corrected chi connectivity index (χ0v) is 19.1. The molecule has 1 aliphatic heterocycles. The van der Waals surface area contributed by atoms with Crippen LogP contribution in [0.5, 0.6) is 11.5 Å². The summed E-state index contributed by atoms with van der Waals surface area (Å²) in [4.78, 5) is 23.9. The van der Waals surface area contributed by atoms with Gasteiger partial charge in [-0.3, -0.25) is 9.69 Å².